The van der Waals surface area contributed by atoms with Crippen molar-refractivity contribution in [1.29, 1.82) is 0 Å². The van der Waals surface area contributed by atoms with E-state index in [0.717, 1.165) is 23.7 Å². The van der Waals surface area contributed by atoms with Gasteiger partial charge in [-0.05, 0) is 96.2 Å². The Kier molecular flexibility index (Phi) is 3.50. The highest BCUT2D eigenvalue weighted by Gasteiger charge is 2.62. The summed E-state index contributed by atoms with van der Waals surface area (Å²) in [6.45, 7) is 0. The van der Waals surface area contributed by atoms with Crippen LogP contribution in [0.5, 0.6) is 0 Å². The number of fused-ring (bicyclic) bond motifs is 7. The van der Waals surface area contributed by atoms with Gasteiger partial charge in [0.2, 0.25) is 0 Å². The molecule has 5 aliphatic carbocycles. The fraction of sp³-hybridized carbons (Fsp3) is 0.294. The van der Waals surface area contributed by atoms with Gasteiger partial charge in [-0.3, -0.25) is 0 Å². The van der Waals surface area contributed by atoms with E-state index >= 15 is 0 Å². The van der Waals surface area contributed by atoms with Crippen molar-refractivity contribution < 1.29 is 0 Å². The molecule has 1 spiro atoms. The minimum Gasteiger partial charge on any atom is -0.309 e. The summed E-state index contributed by atoms with van der Waals surface area (Å²) in [6.07, 6.45) is 7.17. The van der Waals surface area contributed by atoms with Crippen molar-refractivity contribution in [3.63, 3.8) is 0 Å². The summed E-state index contributed by atoms with van der Waals surface area (Å²) in [5, 5.41) is 2.80. The first-order valence-electron chi connectivity index (χ1n) is 13.6. The van der Waals surface area contributed by atoms with Crippen molar-refractivity contribution in [2.45, 2.75) is 37.5 Å². The molecule has 0 radical (unpaired) electrons. The lowest BCUT2D eigenvalue weighted by Crippen LogP contribution is -2.55. The molecule has 10 rings (SSSR count). The summed E-state index contributed by atoms with van der Waals surface area (Å²) in [6, 6.07) is 34.5. The summed E-state index contributed by atoms with van der Waals surface area (Å²) in [5.74, 6) is 3.46. The van der Waals surface area contributed by atoms with Gasteiger partial charge in [0.15, 0.2) is 0 Å². The third-order valence-corrected chi connectivity index (χ3v) is 10.4. The summed E-state index contributed by atoms with van der Waals surface area (Å²) < 4.78 is 2.60. The molecular formula is C34H29N. The molecule has 0 amide bonds. The van der Waals surface area contributed by atoms with Crippen LogP contribution in [0.25, 0.3) is 38.6 Å². The Morgan fingerprint density at radius 1 is 0.571 bits per heavy atom. The Morgan fingerprint density at radius 2 is 1.26 bits per heavy atom. The number of hydrogen-bond acceptors (Lipinski definition) is 0. The van der Waals surface area contributed by atoms with Gasteiger partial charge in [-0.15, -0.1) is 0 Å². The van der Waals surface area contributed by atoms with E-state index < -0.39 is 0 Å². The van der Waals surface area contributed by atoms with Gasteiger partial charge in [-0.25, -0.2) is 0 Å². The van der Waals surface area contributed by atoms with Gasteiger partial charge in [0.1, 0.15) is 0 Å². The van der Waals surface area contributed by atoms with Crippen molar-refractivity contribution in [1.82, 2.24) is 4.57 Å². The zero-order valence-corrected chi connectivity index (χ0v) is 20.0. The normalized spacial score (nSPS) is 29.8. The average molecular weight is 452 g/mol. The van der Waals surface area contributed by atoms with Crippen LogP contribution in [-0.2, 0) is 5.41 Å². The average Bonchev–Trinajstić information content (AvgIpc) is 3.39. The maximum atomic E-state index is 2.60. The first-order valence-corrected chi connectivity index (χ1v) is 13.6. The predicted octanol–water partition coefficient (Wildman–Crippen LogP) is 8.51. The highest BCUT2D eigenvalue weighted by Crippen LogP contribution is 2.70. The van der Waals surface area contributed by atoms with Gasteiger partial charge in [-0.2, -0.15) is 0 Å². The van der Waals surface area contributed by atoms with Gasteiger partial charge in [-0.1, -0.05) is 72.8 Å². The van der Waals surface area contributed by atoms with Crippen LogP contribution in [0, 0.1) is 23.7 Å². The molecule has 4 bridgehead atoms. The monoisotopic (exact) mass is 451 g/mol. The molecule has 4 aromatic carbocycles. The minimum absolute atomic E-state index is 0.166. The lowest BCUT2D eigenvalue weighted by Gasteiger charge is -2.61. The molecule has 4 saturated carbocycles. The summed E-state index contributed by atoms with van der Waals surface area (Å²) in [7, 11) is 0. The van der Waals surface area contributed by atoms with Gasteiger partial charge in [0.05, 0.1) is 11.0 Å². The van der Waals surface area contributed by atoms with Gasteiger partial charge in [0, 0.05) is 21.9 Å². The molecule has 0 saturated heterocycles. The van der Waals surface area contributed by atoms with E-state index in [1.807, 2.05) is 0 Å². The molecule has 0 N–H and O–H groups in total. The first-order chi connectivity index (χ1) is 17.3. The van der Waals surface area contributed by atoms with E-state index in [9.17, 15) is 0 Å². The third-order valence-electron chi connectivity index (χ3n) is 10.4. The van der Waals surface area contributed by atoms with Crippen LogP contribution in [0.3, 0.4) is 0 Å². The molecule has 0 unspecified atom stereocenters. The summed E-state index contributed by atoms with van der Waals surface area (Å²) in [4.78, 5) is 0. The highest BCUT2D eigenvalue weighted by molar-refractivity contribution is 6.13. The first kappa shape index (κ1) is 18.9. The van der Waals surface area contributed by atoms with Crippen molar-refractivity contribution in [2.24, 2.45) is 23.7 Å². The van der Waals surface area contributed by atoms with Crippen LogP contribution in [0.2, 0.25) is 0 Å². The van der Waals surface area contributed by atoms with Gasteiger partial charge in [0.25, 0.3) is 0 Å². The molecule has 170 valence electrons. The van der Waals surface area contributed by atoms with Crippen LogP contribution >= 0.6 is 0 Å². The van der Waals surface area contributed by atoms with E-state index in [2.05, 4.69) is 95.6 Å². The van der Waals surface area contributed by atoms with Crippen LogP contribution in [-0.4, -0.2) is 4.57 Å². The lowest BCUT2D eigenvalue weighted by molar-refractivity contribution is -0.0394. The predicted molar refractivity (Wildman–Crippen MR) is 144 cm³/mol. The summed E-state index contributed by atoms with van der Waals surface area (Å²) >= 11 is 0. The number of rotatable bonds is 1. The number of nitrogens with zero attached hydrogens (tertiary/aromatic N) is 1. The Hall–Kier alpha value is -3.32. The molecule has 5 aliphatic rings. The van der Waals surface area contributed by atoms with Crippen LogP contribution in [0.4, 0.5) is 0 Å². The smallest absolute Gasteiger partial charge is 0.0588 e. The van der Waals surface area contributed by atoms with Crippen LogP contribution in [0.15, 0.2) is 91.0 Å². The second kappa shape index (κ2) is 6.46. The molecule has 4 fully saturated rings. The van der Waals surface area contributed by atoms with Gasteiger partial charge >= 0.3 is 0 Å². The Labute approximate surface area is 206 Å². The number of aromatic nitrogens is 1. The molecular weight excluding hydrogens is 422 g/mol. The van der Waals surface area contributed by atoms with Crippen molar-refractivity contribution in [2.75, 3.05) is 0 Å². The summed E-state index contributed by atoms with van der Waals surface area (Å²) in [5.41, 5.74) is 10.5. The number of benzene rings is 4. The Bertz CT molecular complexity index is 1620. The Morgan fingerprint density at radius 3 is 2.06 bits per heavy atom. The minimum atomic E-state index is 0.166. The lowest BCUT2D eigenvalue weighted by atomic mass is 9.43. The maximum absolute atomic E-state index is 2.60. The zero-order valence-electron chi connectivity index (χ0n) is 20.0. The molecule has 0 atom stereocenters. The molecule has 1 nitrogen and oxygen atoms in total. The standard InChI is InChI=1S/C34H29N/c1-2-8-25(9-3-1)35-31-13-7-5-11-27(31)29-15-14-28-26-10-4-6-12-30(26)34(32(28)33(29)35)23-17-21-16-22(19-23)20-24(34)18-21/h1-15,21-24H,16-20H2. The van der Waals surface area contributed by atoms with Gasteiger partial charge < -0.3 is 4.57 Å². The van der Waals surface area contributed by atoms with E-state index in [-0.39, 0.29) is 5.41 Å². The molecule has 1 heterocycles. The van der Waals surface area contributed by atoms with Crippen molar-refractivity contribution in [3.8, 4) is 16.8 Å². The van der Waals surface area contributed by atoms with E-state index in [1.165, 1.54) is 70.7 Å². The SMILES string of the molecule is c1ccc(-n2c3ccccc3c3ccc4c(c32)C2(c3ccccc3-4)C3CC4CC(C3)CC2C4)cc1. The number of hydrogen-bond donors (Lipinski definition) is 0. The molecule has 0 aliphatic heterocycles. The molecule has 5 aromatic rings. The Balaban J connectivity index is 1.49. The number of para-hydroxylation sites is 2. The fourth-order valence-electron chi connectivity index (χ4n) is 9.54. The highest BCUT2D eigenvalue weighted by atomic mass is 15.0. The largest absolute Gasteiger partial charge is 0.309 e. The van der Waals surface area contributed by atoms with Crippen molar-refractivity contribution >= 4 is 21.8 Å². The van der Waals surface area contributed by atoms with Crippen LogP contribution in [0.1, 0.15) is 43.2 Å². The topological polar surface area (TPSA) is 4.93 Å². The molecule has 1 aromatic heterocycles. The second-order valence-electron chi connectivity index (χ2n) is 11.8. The van der Waals surface area contributed by atoms with E-state index in [0.29, 0.717) is 0 Å². The van der Waals surface area contributed by atoms with E-state index in [4.69, 9.17) is 0 Å². The van der Waals surface area contributed by atoms with Crippen LogP contribution < -0.4 is 0 Å². The fourth-order valence-corrected chi connectivity index (χ4v) is 9.54. The zero-order chi connectivity index (χ0) is 22.7. The molecule has 1 heteroatoms. The maximum Gasteiger partial charge on any atom is 0.0588 e. The quantitative estimate of drug-likeness (QED) is 0.241. The van der Waals surface area contributed by atoms with Crippen molar-refractivity contribution in [3.05, 3.63) is 102 Å². The second-order valence-corrected chi connectivity index (χ2v) is 11.8. The molecule has 35 heavy (non-hydrogen) atoms. The third kappa shape index (κ3) is 2.18. The van der Waals surface area contributed by atoms with E-state index in [1.54, 1.807) is 11.1 Å².